The van der Waals surface area contributed by atoms with Gasteiger partial charge < -0.3 is 15.4 Å². The highest BCUT2D eigenvalue weighted by molar-refractivity contribution is 5.77. The lowest BCUT2D eigenvalue weighted by Gasteiger charge is -2.12. The molecule has 1 unspecified atom stereocenters. The molecule has 0 radical (unpaired) electrons. The molecule has 0 saturated heterocycles. The molecule has 0 saturated carbocycles. The number of carbonyl (C=O) groups is 1. The molecule has 1 rings (SSSR count). The Labute approximate surface area is 117 Å². The SMILES string of the molecule is CNC(C)c1ccc(OCC(=O)NCCC#N)c(F)c1. The molecule has 0 fully saturated rings. The fraction of sp³-hybridized carbons (Fsp3) is 0.429. The first kappa shape index (κ1) is 15.9. The number of rotatable bonds is 7. The summed E-state index contributed by atoms with van der Waals surface area (Å²) < 4.78 is 18.9. The summed E-state index contributed by atoms with van der Waals surface area (Å²) in [6.07, 6.45) is 0.233. The van der Waals surface area contributed by atoms with Crippen LogP contribution in [0.4, 0.5) is 4.39 Å². The molecule has 0 spiro atoms. The summed E-state index contributed by atoms with van der Waals surface area (Å²) in [6.45, 7) is 1.90. The van der Waals surface area contributed by atoms with Gasteiger partial charge in [0, 0.05) is 12.6 Å². The van der Waals surface area contributed by atoms with Crippen LogP contribution in [0.3, 0.4) is 0 Å². The minimum absolute atomic E-state index is 0.0347. The van der Waals surface area contributed by atoms with Crippen LogP contribution in [0.5, 0.6) is 5.75 Å². The van der Waals surface area contributed by atoms with Crippen LogP contribution in [-0.2, 0) is 4.79 Å². The number of halogens is 1. The third kappa shape index (κ3) is 4.86. The Balaban J connectivity index is 2.52. The molecule has 0 aliphatic rings. The van der Waals surface area contributed by atoms with Crippen molar-refractivity contribution in [2.75, 3.05) is 20.2 Å². The molecular formula is C14H18FN3O2. The van der Waals surface area contributed by atoms with E-state index in [2.05, 4.69) is 10.6 Å². The number of hydrogen-bond donors (Lipinski definition) is 2. The molecule has 20 heavy (non-hydrogen) atoms. The van der Waals surface area contributed by atoms with Crippen molar-refractivity contribution in [1.82, 2.24) is 10.6 Å². The summed E-state index contributed by atoms with van der Waals surface area (Å²) in [6, 6.07) is 6.57. The first-order valence-electron chi connectivity index (χ1n) is 6.31. The number of amides is 1. The van der Waals surface area contributed by atoms with Crippen molar-refractivity contribution < 1.29 is 13.9 Å². The van der Waals surface area contributed by atoms with E-state index in [0.29, 0.717) is 0 Å². The molecule has 0 heterocycles. The van der Waals surface area contributed by atoms with Gasteiger partial charge in [-0.1, -0.05) is 6.07 Å². The normalized spacial score (nSPS) is 11.5. The lowest BCUT2D eigenvalue weighted by Crippen LogP contribution is -2.29. The van der Waals surface area contributed by atoms with Crippen molar-refractivity contribution in [3.05, 3.63) is 29.6 Å². The second-order valence-electron chi connectivity index (χ2n) is 4.25. The molecular weight excluding hydrogens is 261 g/mol. The molecule has 0 aliphatic carbocycles. The van der Waals surface area contributed by atoms with Crippen LogP contribution in [-0.4, -0.2) is 26.1 Å². The van der Waals surface area contributed by atoms with Gasteiger partial charge in [-0.15, -0.1) is 0 Å². The number of nitriles is 1. The monoisotopic (exact) mass is 279 g/mol. The van der Waals surface area contributed by atoms with Gasteiger partial charge in [0.15, 0.2) is 18.2 Å². The van der Waals surface area contributed by atoms with Crippen molar-refractivity contribution in [3.63, 3.8) is 0 Å². The second-order valence-corrected chi connectivity index (χ2v) is 4.25. The average molecular weight is 279 g/mol. The zero-order valence-electron chi connectivity index (χ0n) is 11.6. The maximum absolute atomic E-state index is 13.8. The van der Waals surface area contributed by atoms with Gasteiger partial charge in [0.05, 0.1) is 12.5 Å². The van der Waals surface area contributed by atoms with E-state index in [1.165, 1.54) is 12.1 Å². The maximum atomic E-state index is 13.8. The van der Waals surface area contributed by atoms with Crippen LogP contribution in [0.25, 0.3) is 0 Å². The van der Waals surface area contributed by atoms with Crippen molar-refractivity contribution >= 4 is 5.91 Å². The minimum atomic E-state index is -0.505. The Kier molecular flexibility index (Phi) is 6.47. The number of nitrogens with zero attached hydrogens (tertiary/aromatic N) is 1. The fourth-order valence-corrected chi connectivity index (χ4v) is 1.52. The molecule has 0 aromatic heterocycles. The molecule has 5 nitrogen and oxygen atoms in total. The second kappa shape index (κ2) is 8.12. The van der Waals surface area contributed by atoms with E-state index in [1.807, 2.05) is 13.0 Å². The molecule has 108 valence electrons. The highest BCUT2D eigenvalue weighted by Gasteiger charge is 2.10. The Bertz CT molecular complexity index is 500. The molecule has 6 heteroatoms. The number of carbonyl (C=O) groups excluding carboxylic acids is 1. The largest absolute Gasteiger partial charge is 0.481 e. The van der Waals surface area contributed by atoms with Gasteiger partial charge in [0.2, 0.25) is 0 Å². The van der Waals surface area contributed by atoms with E-state index in [9.17, 15) is 9.18 Å². The third-order valence-corrected chi connectivity index (χ3v) is 2.81. The van der Waals surface area contributed by atoms with Gasteiger partial charge in [0.1, 0.15) is 0 Å². The number of hydrogen-bond acceptors (Lipinski definition) is 4. The lowest BCUT2D eigenvalue weighted by atomic mass is 10.1. The summed E-state index contributed by atoms with van der Waals surface area (Å²) in [7, 11) is 1.79. The summed E-state index contributed by atoms with van der Waals surface area (Å²) >= 11 is 0. The quantitative estimate of drug-likeness (QED) is 0.742. The van der Waals surface area contributed by atoms with Crippen LogP contribution < -0.4 is 15.4 Å². The smallest absolute Gasteiger partial charge is 0.257 e. The van der Waals surface area contributed by atoms with E-state index < -0.39 is 5.82 Å². The average Bonchev–Trinajstić information content (AvgIpc) is 2.45. The molecule has 0 aliphatic heterocycles. The lowest BCUT2D eigenvalue weighted by molar-refractivity contribution is -0.123. The Morgan fingerprint density at radius 1 is 1.55 bits per heavy atom. The highest BCUT2D eigenvalue weighted by atomic mass is 19.1. The predicted octanol–water partition coefficient (Wildman–Crippen LogP) is 1.51. The van der Waals surface area contributed by atoms with Gasteiger partial charge >= 0.3 is 0 Å². The molecule has 0 bridgehead atoms. The number of ether oxygens (including phenoxy) is 1. The van der Waals surface area contributed by atoms with Crippen LogP contribution in [0.15, 0.2) is 18.2 Å². The zero-order valence-corrected chi connectivity index (χ0v) is 11.6. The minimum Gasteiger partial charge on any atom is -0.481 e. The Hall–Kier alpha value is -2.13. The highest BCUT2D eigenvalue weighted by Crippen LogP contribution is 2.21. The maximum Gasteiger partial charge on any atom is 0.257 e. The van der Waals surface area contributed by atoms with E-state index in [1.54, 1.807) is 13.1 Å². The van der Waals surface area contributed by atoms with Gasteiger partial charge in [-0.05, 0) is 31.7 Å². The van der Waals surface area contributed by atoms with Crippen LogP contribution >= 0.6 is 0 Å². The van der Waals surface area contributed by atoms with E-state index in [4.69, 9.17) is 10.00 Å². The molecule has 2 N–H and O–H groups in total. The van der Waals surface area contributed by atoms with Crippen LogP contribution in [0, 0.1) is 17.1 Å². The van der Waals surface area contributed by atoms with E-state index >= 15 is 0 Å². The van der Waals surface area contributed by atoms with Gasteiger partial charge in [0.25, 0.3) is 5.91 Å². The van der Waals surface area contributed by atoms with Crippen molar-refractivity contribution in [2.45, 2.75) is 19.4 Å². The predicted molar refractivity (Wildman–Crippen MR) is 72.6 cm³/mol. The van der Waals surface area contributed by atoms with Crippen molar-refractivity contribution in [1.29, 1.82) is 5.26 Å². The van der Waals surface area contributed by atoms with Gasteiger partial charge in [-0.3, -0.25) is 4.79 Å². The molecule has 1 amide bonds. The molecule has 1 aromatic rings. The Morgan fingerprint density at radius 3 is 2.90 bits per heavy atom. The fourth-order valence-electron chi connectivity index (χ4n) is 1.52. The van der Waals surface area contributed by atoms with Crippen molar-refractivity contribution in [3.8, 4) is 11.8 Å². The standard InChI is InChI=1S/C14H18FN3O2/c1-10(17-2)11-4-5-13(12(15)8-11)20-9-14(19)18-7-3-6-16/h4-5,8,10,17H,3,7,9H2,1-2H3,(H,18,19). The summed E-state index contributed by atoms with van der Waals surface area (Å²) in [5, 5.41) is 13.8. The first-order chi connectivity index (χ1) is 9.58. The first-order valence-corrected chi connectivity index (χ1v) is 6.31. The molecule has 1 aromatic carbocycles. The molecule has 1 atom stereocenters. The summed E-state index contributed by atoms with van der Waals surface area (Å²) in [4.78, 5) is 11.3. The summed E-state index contributed by atoms with van der Waals surface area (Å²) in [5.74, 6) is -0.853. The topological polar surface area (TPSA) is 74.2 Å². The third-order valence-electron chi connectivity index (χ3n) is 2.81. The van der Waals surface area contributed by atoms with E-state index in [-0.39, 0.29) is 37.3 Å². The van der Waals surface area contributed by atoms with Gasteiger partial charge in [-0.25, -0.2) is 4.39 Å². The van der Waals surface area contributed by atoms with Crippen LogP contribution in [0.1, 0.15) is 24.9 Å². The van der Waals surface area contributed by atoms with Crippen molar-refractivity contribution in [2.24, 2.45) is 0 Å². The van der Waals surface area contributed by atoms with E-state index in [0.717, 1.165) is 5.56 Å². The number of nitrogens with one attached hydrogen (secondary N) is 2. The van der Waals surface area contributed by atoms with Crippen LogP contribution in [0.2, 0.25) is 0 Å². The summed E-state index contributed by atoms with van der Waals surface area (Å²) in [5.41, 5.74) is 0.802. The Morgan fingerprint density at radius 2 is 2.30 bits per heavy atom. The zero-order chi connectivity index (χ0) is 15.0. The number of benzene rings is 1. The van der Waals surface area contributed by atoms with Gasteiger partial charge in [-0.2, -0.15) is 5.26 Å².